The molecular formula is C15H21ClN3O6P. The Morgan fingerprint density at radius 1 is 1.12 bits per heavy atom. The third kappa shape index (κ3) is 7.13. The molecule has 11 heteroatoms. The molecule has 0 aromatic heterocycles. The third-order valence-corrected chi connectivity index (χ3v) is 4.96. The first-order valence-electron chi connectivity index (χ1n) is 7.62. The Hall–Kier alpha value is -1.93. The molecule has 0 saturated heterocycles. The maximum atomic E-state index is 12.9. The number of hydrogen-bond acceptors (Lipinski definition) is 7. The van der Waals surface area contributed by atoms with Crippen LogP contribution in [-0.4, -0.2) is 29.7 Å². The molecule has 1 aromatic rings. The number of carbonyl (C=O) groups is 2. The highest BCUT2D eigenvalue weighted by Crippen LogP contribution is 2.52. The van der Waals surface area contributed by atoms with E-state index in [0.29, 0.717) is 10.7 Å². The molecule has 144 valence electrons. The molecule has 1 rings (SSSR count). The molecule has 0 radical (unpaired) electrons. The van der Waals surface area contributed by atoms with Crippen molar-refractivity contribution < 1.29 is 28.0 Å². The lowest BCUT2D eigenvalue weighted by molar-refractivity contribution is -0.111. The van der Waals surface area contributed by atoms with Gasteiger partial charge in [-0.1, -0.05) is 16.8 Å². The van der Waals surface area contributed by atoms with Crippen molar-refractivity contribution in [1.82, 2.24) is 0 Å². The zero-order valence-electron chi connectivity index (χ0n) is 14.8. The minimum atomic E-state index is -4.19. The highest BCUT2D eigenvalue weighted by Gasteiger charge is 2.39. The summed E-state index contributed by atoms with van der Waals surface area (Å²) < 4.78 is 23.3. The van der Waals surface area contributed by atoms with Crippen molar-refractivity contribution in [2.45, 2.75) is 39.9 Å². The Morgan fingerprint density at radius 2 is 1.62 bits per heavy atom. The van der Waals surface area contributed by atoms with Crippen LogP contribution in [0.4, 0.5) is 10.5 Å². The minimum Gasteiger partial charge on any atom is -0.364 e. The maximum Gasteiger partial charge on any atom is 0.437 e. The van der Waals surface area contributed by atoms with Gasteiger partial charge in [0.1, 0.15) is 0 Å². The molecule has 0 aliphatic heterocycles. The van der Waals surface area contributed by atoms with E-state index >= 15 is 0 Å². The number of nitrogens with zero attached hydrogens (tertiary/aromatic N) is 1. The summed E-state index contributed by atoms with van der Waals surface area (Å²) in [5, 5.41) is 6.13. The van der Waals surface area contributed by atoms with Gasteiger partial charge in [0.2, 0.25) is 0 Å². The molecule has 0 unspecified atom stereocenters. The zero-order valence-corrected chi connectivity index (χ0v) is 16.4. The lowest BCUT2D eigenvalue weighted by atomic mass is 10.3. The summed E-state index contributed by atoms with van der Waals surface area (Å²) in [7, 11) is -4.19. The van der Waals surface area contributed by atoms with E-state index in [-0.39, 0.29) is 0 Å². The molecule has 0 heterocycles. The number of rotatable bonds is 8. The van der Waals surface area contributed by atoms with E-state index in [4.69, 9.17) is 26.4 Å². The standard InChI is InChI=1S/C15H21ClN3O6P/c1-9(2)24-26(22,25-10(3)4)14(13(17)20)19-23-15(21)18-12-7-5-11(16)6-8-12/h5-10H,1-4H3,(H2,17,20)(H,18,21)/b19-14-. The first-order chi connectivity index (χ1) is 12.0. The second kappa shape index (κ2) is 9.68. The molecule has 2 amide bonds. The SMILES string of the molecule is CC(C)OP(=O)(OC(C)C)/C(=N\OC(=O)Nc1ccc(Cl)cc1)C(N)=O. The molecule has 26 heavy (non-hydrogen) atoms. The van der Waals surface area contributed by atoms with Crippen molar-refractivity contribution in [3.63, 3.8) is 0 Å². The van der Waals surface area contributed by atoms with E-state index in [1.54, 1.807) is 39.8 Å². The van der Waals surface area contributed by atoms with Gasteiger partial charge in [0, 0.05) is 10.7 Å². The largest absolute Gasteiger partial charge is 0.437 e. The summed E-state index contributed by atoms with van der Waals surface area (Å²) in [6.07, 6.45) is -2.16. The second-order valence-electron chi connectivity index (χ2n) is 5.60. The molecule has 0 aliphatic rings. The Labute approximate surface area is 156 Å². The average molecular weight is 406 g/mol. The van der Waals surface area contributed by atoms with Crippen LogP contribution in [0.1, 0.15) is 27.7 Å². The number of nitrogens with two attached hydrogens (primary N) is 1. The third-order valence-electron chi connectivity index (χ3n) is 2.48. The molecule has 0 bridgehead atoms. The Morgan fingerprint density at radius 3 is 2.04 bits per heavy atom. The van der Waals surface area contributed by atoms with Crippen LogP contribution < -0.4 is 11.1 Å². The van der Waals surface area contributed by atoms with Crippen molar-refractivity contribution in [1.29, 1.82) is 0 Å². The molecular weight excluding hydrogens is 385 g/mol. The van der Waals surface area contributed by atoms with Gasteiger partial charge in [-0.2, -0.15) is 0 Å². The first-order valence-corrected chi connectivity index (χ1v) is 9.54. The summed E-state index contributed by atoms with van der Waals surface area (Å²) in [5.74, 6) is -1.20. The quantitative estimate of drug-likeness (QED) is 0.293. The molecule has 0 spiro atoms. The predicted molar refractivity (Wildman–Crippen MR) is 98.2 cm³/mol. The highest BCUT2D eigenvalue weighted by molar-refractivity contribution is 7.75. The van der Waals surface area contributed by atoms with Crippen LogP contribution >= 0.6 is 19.2 Å². The zero-order chi connectivity index (χ0) is 19.9. The first kappa shape index (κ1) is 22.1. The number of halogens is 1. The molecule has 3 N–H and O–H groups in total. The van der Waals surface area contributed by atoms with E-state index in [9.17, 15) is 14.2 Å². The van der Waals surface area contributed by atoms with Crippen molar-refractivity contribution in [3.8, 4) is 0 Å². The van der Waals surface area contributed by atoms with Crippen LogP contribution in [0, 0.1) is 0 Å². The number of primary amides is 1. The van der Waals surface area contributed by atoms with Crippen LogP contribution in [0.3, 0.4) is 0 Å². The fourth-order valence-electron chi connectivity index (χ4n) is 1.67. The van der Waals surface area contributed by atoms with Gasteiger partial charge in [-0.3, -0.25) is 19.5 Å². The monoisotopic (exact) mass is 405 g/mol. The Kier molecular flexibility index (Phi) is 8.23. The van der Waals surface area contributed by atoms with E-state index in [2.05, 4.69) is 15.3 Å². The van der Waals surface area contributed by atoms with Crippen molar-refractivity contribution in [2.75, 3.05) is 5.32 Å². The summed E-state index contributed by atoms with van der Waals surface area (Å²) in [5.41, 5.74) is 4.76. The maximum absolute atomic E-state index is 12.9. The lowest BCUT2D eigenvalue weighted by Crippen LogP contribution is -2.28. The summed E-state index contributed by atoms with van der Waals surface area (Å²) >= 11 is 5.74. The Bertz CT molecular complexity index is 707. The highest BCUT2D eigenvalue weighted by atomic mass is 35.5. The van der Waals surface area contributed by atoms with Crippen LogP contribution in [0.15, 0.2) is 29.4 Å². The number of amides is 2. The number of oxime groups is 1. The van der Waals surface area contributed by atoms with Crippen molar-refractivity contribution in [3.05, 3.63) is 29.3 Å². The lowest BCUT2D eigenvalue weighted by Gasteiger charge is -2.21. The topological polar surface area (TPSA) is 129 Å². The van der Waals surface area contributed by atoms with Gasteiger partial charge in [-0.25, -0.2) is 4.79 Å². The fourth-order valence-corrected chi connectivity index (χ4v) is 3.56. The normalized spacial score (nSPS) is 12.3. The van der Waals surface area contributed by atoms with Crippen molar-refractivity contribution >= 4 is 42.3 Å². The number of anilines is 1. The number of benzene rings is 1. The van der Waals surface area contributed by atoms with Crippen LogP contribution in [-0.2, 0) is 23.2 Å². The van der Waals surface area contributed by atoms with Crippen molar-refractivity contribution in [2.24, 2.45) is 10.9 Å². The Balaban J connectivity index is 2.98. The van der Waals surface area contributed by atoms with Gasteiger partial charge in [0.25, 0.3) is 11.4 Å². The molecule has 9 nitrogen and oxygen atoms in total. The molecule has 0 atom stereocenters. The van der Waals surface area contributed by atoms with Gasteiger partial charge in [0.15, 0.2) is 0 Å². The molecule has 0 aliphatic carbocycles. The van der Waals surface area contributed by atoms with Crippen LogP contribution in [0.25, 0.3) is 0 Å². The summed E-state index contributed by atoms with van der Waals surface area (Å²) in [4.78, 5) is 28.0. The number of carbonyl (C=O) groups excluding carboxylic acids is 2. The fraction of sp³-hybridized carbons (Fsp3) is 0.400. The van der Waals surface area contributed by atoms with Gasteiger partial charge >= 0.3 is 13.7 Å². The minimum absolute atomic E-state index is 0.371. The van der Waals surface area contributed by atoms with Crippen LogP contribution in [0.5, 0.6) is 0 Å². The van der Waals surface area contributed by atoms with Gasteiger partial charge in [-0.05, 0) is 52.0 Å². The van der Waals surface area contributed by atoms with E-state index in [1.165, 1.54) is 12.1 Å². The smallest absolute Gasteiger partial charge is 0.364 e. The summed E-state index contributed by atoms with van der Waals surface area (Å²) in [6, 6.07) is 6.15. The number of nitrogens with one attached hydrogen (secondary N) is 1. The van der Waals surface area contributed by atoms with E-state index in [0.717, 1.165) is 0 Å². The average Bonchev–Trinajstić information content (AvgIpc) is 2.47. The van der Waals surface area contributed by atoms with Gasteiger partial charge in [0.05, 0.1) is 12.2 Å². The molecule has 1 aromatic carbocycles. The molecule has 0 fully saturated rings. The van der Waals surface area contributed by atoms with Gasteiger partial charge in [-0.15, -0.1) is 0 Å². The predicted octanol–water partition coefficient (Wildman–Crippen LogP) is 3.73. The second-order valence-corrected chi connectivity index (χ2v) is 7.87. The van der Waals surface area contributed by atoms with E-state index in [1.807, 2.05) is 0 Å². The van der Waals surface area contributed by atoms with Crippen LogP contribution in [0.2, 0.25) is 5.02 Å². The number of hydrogen-bond donors (Lipinski definition) is 2. The van der Waals surface area contributed by atoms with Gasteiger partial charge < -0.3 is 14.8 Å². The molecule has 0 saturated carbocycles. The van der Waals surface area contributed by atoms with E-state index < -0.39 is 37.3 Å². The summed E-state index contributed by atoms with van der Waals surface area (Å²) in [6.45, 7) is 6.35.